The third-order valence-corrected chi connectivity index (χ3v) is 8.77. The van der Waals surface area contributed by atoms with Crippen LogP contribution in [0.3, 0.4) is 0 Å². The number of carbonyl (C=O) groups excluding carboxylic acids is 3. The monoisotopic (exact) mass is 814 g/mol. The summed E-state index contributed by atoms with van der Waals surface area (Å²) in [5.74, 6) is -53.4. The highest BCUT2D eigenvalue weighted by atomic mass is 19.4. The Kier molecular flexibility index (Phi) is 18.4. The Morgan fingerprint density at radius 1 is 0.593 bits per heavy atom. The Bertz CT molecular complexity index is 1280. The van der Waals surface area contributed by atoms with Gasteiger partial charge in [0.05, 0.1) is 0 Å². The number of alkyl halides is 15. The number of carbonyl (C=O) groups is 3. The summed E-state index contributed by atoms with van der Waals surface area (Å²) in [6.45, 7) is 0.608. The van der Waals surface area contributed by atoms with Gasteiger partial charge in [-0.1, -0.05) is 103 Å². The highest BCUT2D eigenvalue weighted by Gasteiger charge is 2.94. The molecular weight excluding hydrogens is 769 g/mol. The largest absolute Gasteiger partial charge is 0.460 e. The summed E-state index contributed by atoms with van der Waals surface area (Å²) in [7, 11) is 0. The molecule has 0 aromatic heterocycles. The quantitative estimate of drug-likeness (QED) is 0.0510. The van der Waals surface area contributed by atoms with Gasteiger partial charge in [-0.3, -0.25) is 19.3 Å². The molecule has 0 bridgehead atoms. The molecule has 1 aliphatic heterocycles. The molecule has 0 atom stereocenters. The van der Waals surface area contributed by atoms with Crippen molar-refractivity contribution in [2.75, 3.05) is 13.1 Å². The average molecular weight is 815 g/mol. The molecule has 1 rings (SSSR count). The van der Waals surface area contributed by atoms with Gasteiger partial charge >= 0.3 is 41.7 Å². The summed E-state index contributed by atoms with van der Waals surface area (Å²) in [5, 5.41) is 0.900. The predicted molar refractivity (Wildman–Crippen MR) is 167 cm³/mol. The van der Waals surface area contributed by atoms with Crippen molar-refractivity contribution in [3.8, 4) is 0 Å². The third-order valence-electron chi connectivity index (χ3n) is 8.77. The van der Waals surface area contributed by atoms with E-state index in [1.807, 2.05) is 0 Å². The van der Waals surface area contributed by atoms with Crippen LogP contribution in [0.25, 0.3) is 0 Å². The number of imide groups is 1. The molecule has 0 radical (unpaired) electrons. The normalized spacial score (nSPS) is 15.5. The van der Waals surface area contributed by atoms with Gasteiger partial charge in [-0.25, -0.2) is 0 Å². The molecule has 314 valence electrons. The Labute approximate surface area is 303 Å². The van der Waals surface area contributed by atoms with Crippen molar-refractivity contribution in [3.05, 3.63) is 23.8 Å². The fraction of sp³-hybridized carbons (Fsp3) is 0.794. The molecule has 0 spiro atoms. The molecule has 1 N–H and O–H groups in total. The number of halogens is 15. The zero-order valence-corrected chi connectivity index (χ0v) is 29.5. The minimum Gasteiger partial charge on any atom is -0.351 e. The van der Waals surface area contributed by atoms with E-state index in [4.69, 9.17) is 0 Å². The molecule has 54 heavy (non-hydrogen) atoms. The summed E-state index contributed by atoms with van der Waals surface area (Å²) < 4.78 is 200. The smallest absolute Gasteiger partial charge is 0.351 e. The Hall–Kier alpha value is -2.96. The standard InChI is InChI=1S/C34H45F15N2O3/c1-2-3-4-5-6-7-8-9-10-11-12-13-14-15-16-17-20-24-23-25(52)51(26(24)53)22-19-18-21-50-27(54)28(35,36)29(37,38)30(39,40)31(41,42)32(43,44)33(45,46)34(47,48)49/h17,20,23H,2-16,18-19,21-22H2,1H3,(H,50,54)/b20-17+. The van der Waals surface area contributed by atoms with Crippen LogP contribution >= 0.6 is 0 Å². The van der Waals surface area contributed by atoms with Crippen molar-refractivity contribution < 1.29 is 80.2 Å². The van der Waals surface area contributed by atoms with Gasteiger partial charge in [0.2, 0.25) is 0 Å². The maximum absolute atomic E-state index is 14.0. The fourth-order valence-corrected chi connectivity index (χ4v) is 5.34. The predicted octanol–water partition coefficient (Wildman–Crippen LogP) is 11.0. The molecule has 0 saturated carbocycles. The van der Waals surface area contributed by atoms with E-state index < -0.39 is 78.9 Å². The highest BCUT2D eigenvalue weighted by molar-refractivity contribution is 6.17. The number of hydrogen-bond acceptors (Lipinski definition) is 3. The summed E-state index contributed by atoms with van der Waals surface area (Å²) in [6, 6.07) is 0. The second kappa shape index (κ2) is 20.3. The minimum absolute atomic E-state index is 0.0110. The maximum Gasteiger partial charge on any atom is 0.460 e. The second-order valence-electron chi connectivity index (χ2n) is 13.1. The van der Waals surface area contributed by atoms with E-state index in [9.17, 15) is 80.2 Å². The first kappa shape index (κ1) is 49.1. The van der Waals surface area contributed by atoms with Crippen molar-refractivity contribution in [2.45, 2.75) is 158 Å². The molecule has 0 aromatic rings. The van der Waals surface area contributed by atoms with Gasteiger partial charge in [-0.05, 0) is 25.7 Å². The molecule has 0 fully saturated rings. The summed E-state index contributed by atoms with van der Waals surface area (Å²) in [5.41, 5.74) is 0.0110. The molecule has 0 saturated heterocycles. The number of unbranched alkanes of at least 4 members (excludes halogenated alkanes) is 15. The van der Waals surface area contributed by atoms with Crippen LogP contribution in [0.15, 0.2) is 23.8 Å². The summed E-state index contributed by atoms with van der Waals surface area (Å²) in [4.78, 5) is 37.0. The van der Waals surface area contributed by atoms with Crippen molar-refractivity contribution in [3.63, 3.8) is 0 Å². The van der Waals surface area contributed by atoms with Gasteiger partial charge in [0.1, 0.15) is 0 Å². The van der Waals surface area contributed by atoms with Gasteiger partial charge < -0.3 is 5.32 Å². The van der Waals surface area contributed by atoms with E-state index in [0.29, 0.717) is 11.3 Å². The topological polar surface area (TPSA) is 66.5 Å². The van der Waals surface area contributed by atoms with Crippen LogP contribution in [-0.2, 0) is 14.4 Å². The van der Waals surface area contributed by atoms with E-state index in [-0.39, 0.29) is 12.0 Å². The zero-order valence-electron chi connectivity index (χ0n) is 29.5. The first-order valence-electron chi connectivity index (χ1n) is 17.6. The number of amides is 3. The first-order valence-corrected chi connectivity index (χ1v) is 17.6. The first-order chi connectivity index (χ1) is 24.8. The fourth-order valence-electron chi connectivity index (χ4n) is 5.34. The van der Waals surface area contributed by atoms with Crippen molar-refractivity contribution in [1.82, 2.24) is 10.2 Å². The average Bonchev–Trinajstić information content (AvgIpc) is 3.34. The Morgan fingerprint density at radius 2 is 1.02 bits per heavy atom. The SMILES string of the molecule is CCCCCCCCCCCCCCCC/C=C/C1=CC(=O)N(CCCCNC(=O)C(F)(F)C(F)(F)C(F)(F)C(F)(F)C(F)(F)C(F)(F)C(F)(F)F)C1=O. The van der Waals surface area contributed by atoms with Crippen molar-refractivity contribution in [2.24, 2.45) is 0 Å². The number of hydrogen-bond donors (Lipinski definition) is 1. The molecule has 0 aliphatic carbocycles. The second-order valence-corrected chi connectivity index (χ2v) is 13.1. The summed E-state index contributed by atoms with van der Waals surface area (Å²) in [6.07, 6.45) is 12.6. The van der Waals surface area contributed by atoms with Gasteiger partial charge in [0, 0.05) is 24.7 Å². The van der Waals surface area contributed by atoms with Gasteiger partial charge in [0.15, 0.2) is 0 Å². The van der Waals surface area contributed by atoms with Crippen molar-refractivity contribution >= 4 is 17.7 Å². The zero-order chi connectivity index (χ0) is 41.7. The lowest BCUT2D eigenvalue weighted by atomic mass is 9.91. The number of nitrogens with one attached hydrogen (secondary N) is 1. The molecule has 3 amide bonds. The molecule has 1 aliphatic rings. The van der Waals surface area contributed by atoms with E-state index in [1.165, 1.54) is 63.9 Å². The van der Waals surface area contributed by atoms with Gasteiger partial charge in [-0.15, -0.1) is 0 Å². The van der Waals surface area contributed by atoms with Crippen LogP contribution in [0.1, 0.15) is 116 Å². The van der Waals surface area contributed by atoms with Crippen molar-refractivity contribution in [1.29, 1.82) is 0 Å². The van der Waals surface area contributed by atoms with Crippen LogP contribution < -0.4 is 5.32 Å². The number of nitrogens with zero attached hydrogens (tertiary/aromatic N) is 1. The lowest BCUT2D eigenvalue weighted by Crippen LogP contribution is -2.74. The number of rotatable bonds is 27. The van der Waals surface area contributed by atoms with Crippen LogP contribution in [0.5, 0.6) is 0 Å². The molecule has 0 unspecified atom stereocenters. The molecule has 5 nitrogen and oxygen atoms in total. The molecule has 20 heteroatoms. The van der Waals surface area contributed by atoms with E-state index in [0.717, 1.165) is 43.5 Å². The Balaban J connectivity index is 2.50. The van der Waals surface area contributed by atoms with Gasteiger partial charge in [-0.2, -0.15) is 65.9 Å². The molecule has 0 aromatic carbocycles. The van der Waals surface area contributed by atoms with Crippen LogP contribution in [0.4, 0.5) is 65.9 Å². The van der Waals surface area contributed by atoms with E-state index in [1.54, 1.807) is 6.08 Å². The molecular formula is C34H45F15N2O3. The lowest BCUT2D eigenvalue weighted by Gasteiger charge is -2.41. The van der Waals surface area contributed by atoms with Crippen LogP contribution in [-0.4, -0.2) is 77.4 Å². The highest BCUT2D eigenvalue weighted by Crippen LogP contribution is 2.62. The number of allylic oxidation sites excluding steroid dienone is 1. The van der Waals surface area contributed by atoms with Crippen LogP contribution in [0, 0.1) is 0 Å². The Morgan fingerprint density at radius 3 is 1.48 bits per heavy atom. The summed E-state index contributed by atoms with van der Waals surface area (Å²) >= 11 is 0. The maximum atomic E-state index is 14.0. The van der Waals surface area contributed by atoms with E-state index >= 15 is 0 Å². The third kappa shape index (κ3) is 11.5. The lowest BCUT2D eigenvalue weighted by molar-refractivity contribution is -0.449. The minimum atomic E-state index is -8.49. The molecule has 1 heterocycles. The van der Waals surface area contributed by atoms with Gasteiger partial charge in [0.25, 0.3) is 17.7 Å². The van der Waals surface area contributed by atoms with Crippen LogP contribution in [0.2, 0.25) is 0 Å². The van der Waals surface area contributed by atoms with E-state index in [2.05, 4.69) is 6.92 Å².